The molecular weight excluding hydrogens is 461 g/mol. The Balaban J connectivity index is 1.60. The third-order valence-corrected chi connectivity index (χ3v) is 5.89. The molecule has 0 saturated carbocycles. The van der Waals surface area contributed by atoms with Crippen molar-refractivity contribution >= 4 is 27.5 Å². The monoisotopic (exact) mass is 480 g/mol. The molecular formula is C23H20BrFN5O. The van der Waals surface area contributed by atoms with Crippen LogP contribution in [0, 0.1) is 23.6 Å². The van der Waals surface area contributed by atoms with E-state index in [0.717, 1.165) is 21.4 Å². The van der Waals surface area contributed by atoms with E-state index in [0.29, 0.717) is 24.1 Å². The number of nitrogens with one attached hydrogen (secondary N) is 1. The normalized spacial score (nSPS) is 15.3. The molecule has 6 nitrogen and oxygen atoms in total. The molecule has 3 aromatic rings. The lowest BCUT2D eigenvalue weighted by Gasteiger charge is -2.38. The Morgan fingerprint density at radius 2 is 2.19 bits per heavy atom. The van der Waals surface area contributed by atoms with Gasteiger partial charge in [0.15, 0.2) is 0 Å². The van der Waals surface area contributed by atoms with Crippen molar-refractivity contribution in [3.05, 3.63) is 88.0 Å². The smallest absolute Gasteiger partial charge is 0.243 e. The number of nitriles is 1. The summed E-state index contributed by atoms with van der Waals surface area (Å²) in [6.07, 6.45) is 5.97. The van der Waals surface area contributed by atoms with Crippen molar-refractivity contribution in [2.24, 2.45) is 7.05 Å². The van der Waals surface area contributed by atoms with E-state index in [1.165, 1.54) is 6.07 Å². The Hall–Kier alpha value is -3.18. The predicted octanol–water partition coefficient (Wildman–Crippen LogP) is 3.65. The van der Waals surface area contributed by atoms with E-state index in [4.69, 9.17) is 0 Å². The van der Waals surface area contributed by atoms with Crippen LogP contribution in [0.25, 0.3) is 0 Å². The van der Waals surface area contributed by atoms with Gasteiger partial charge in [-0.15, -0.1) is 0 Å². The number of hydrogen-bond donors (Lipinski definition) is 1. The number of hydrogen-bond acceptors (Lipinski definition) is 4. The average Bonchev–Trinajstić information content (AvgIpc) is 3.18. The maximum absolute atomic E-state index is 14.1. The minimum atomic E-state index is -0.537. The highest BCUT2D eigenvalue weighted by Gasteiger charge is 2.32. The van der Waals surface area contributed by atoms with E-state index in [9.17, 15) is 14.4 Å². The molecule has 0 aliphatic carbocycles. The summed E-state index contributed by atoms with van der Waals surface area (Å²) in [4.78, 5) is 19.3. The lowest BCUT2D eigenvalue weighted by molar-refractivity contribution is -0.122. The Labute approximate surface area is 188 Å². The zero-order valence-electron chi connectivity index (χ0n) is 16.8. The van der Waals surface area contributed by atoms with Crippen LogP contribution in [0.2, 0.25) is 0 Å². The number of benzene rings is 2. The van der Waals surface area contributed by atoms with E-state index >= 15 is 0 Å². The van der Waals surface area contributed by atoms with Gasteiger partial charge in [0.25, 0.3) is 0 Å². The fraction of sp³-hybridized carbons (Fsp3) is 0.217. The number of fused-ring (bicyclic) bond motifs is 1. The van der Waals surface area contributed by atoms with E-state index in [1.54, 1.807) is 30.7 Å². The van der Waals surface area contributed by atoms with Crippen LogP contribution in [-0.2, 0) is 31.4 Å². The summed E-state index contributed by atoms with van der Waals surface area (Å²) in [5, 5.41) is 12.1. The molecule has 2 aromatic carbocycles. The molecule has 1 unspecified atom stereocenters. The molecule has 1 aromatic heterocycles. The number of halogens is 2. The molecule has 157 valence electrons. The van der Waals surface area contributed by atoms with E-state index in [1.807, 2.05) is 35.1 Å². The molecule has 0 bridgehead atoms. The number of carbonyl (C=O) groups excluding carboxylic acids is 1. The molecule has 1 radical (unpaired) electrons. The Morgan fingerprint density at radius 1 is 1.35 bits per heavy atom. The van der Waals surface area contributed by atoms with Crippen LogP contribution in [0.3, 0.4) is 0 Å². The first-order chi connectivity index (χ1) is 15.0. The second-order valence-electron chi connectivity index (χ2n) is 7.42. The number of carbonyl (C=O) groups is 1. The van der Waals surface area contributed by atoms with Crippen LogP contribution >= 0.6 is 15.9 Å². The number of nitrogens with zero attached hydrogens (tertiary/aromatic N) is 4. The van der Waals surface area contributed by atoms with Crippen LogP contribution in [0.1, 0.15) is 22.4 Å². The lowest BCUT2D eigenvalue weighted by atomic mass is 9.93. The van der Waals surface area contributed by atoms with Gasteiger partial charge in [0.2, 0.25) is 5.91 Å². The average molecular weight is 481 g/mol. The molecule has 4 rings (SSSR count). The minimum Gasteiger partial charge on any atom is -0.353 e. The number of amides is 1. The van der Waals surface area contributed by atoms with E-state index in [2.05, 4.69) is 32.3 Å². The third kappa shape index (κ3) is 4.47. The Bertz CT molecular complexity index is 1170. The highest BCUT2D eigenvalue weighted by molar-refractivity contribution is 9.10. The van der Waals surface area contributed by atoms with Crippen LogP contribution in [0.15, 0.2) is 53.4 Å². The number of rotatable bonds is 5. The first kappa shape index (κ1) is 21.1. The first-order valence-electron chi connectivity index (χ1n) is 9.76. The highest BCUT2D eigenvalue weighted by Crippen LogP contribution is 2.32. The largest absolute Gasteiger partial charge is 0.353 e. The van der Waals surface area contributed by atoms with Gasteiger partial charge < -0.3 is 14.8 Å². The molecule has 8 heteroatoms. The first-order valence-corrected chi connectivity index (χ1v) is 10.6. The summed E-state index contributed by atoms with van der Waals surface area (Å²) in [7, 11) is 1.90. The van der Waals surface area contributed by atoms with Gasteiger partial charge in [-0.25, -0.2) is 9.37 Å². The van der Waals surface area contributed by atoms with Crippen LogP contribution < -0.4 is 10.2 Å². The fourth-order valence-electron chi connectivity index (χ4n) is 3.72. The molecule has 1 aliphatic rings. The van der Waals surface area contributed by atoms with Crippen molar-refractivity contribution in [1.29, 1.82) is 5.26 Å². The second-order valence-corrected chi connectivity index (χ2v) is 8.33. The number of aryl methyl sites for hydroxylation is 1. The quantitative estimate of drug-likeness (QED) is 0.604. The van der Waals surface area contributed by atoms with E-state index < -0.39 is 6.04 Å². The minimum absolute atomic E-state index is 0.0915. The highest BCUT2D eigenvalue weighted by atomic mass is 79.9. The van der Waals surface area contributed by atoms with Crippen molar-refractivity contribution in [3.63, 3.8) is 0 Å². The predicted molar refractivity (Wildman–Crippen MR) is 118 cm³/mol. The molecule has 1 aliphatic heterocycles. The van der Waals surface area contributed by atoms with Gasteiger partial charge in [0.05, 0.1) is 30.2 Å². The van der Waals surface area contributed by atoms with Gasteiger partial charge in [-0.2, -0.15) is 5.26 Å². The molecule has 1 atom stereocenters. The third-order valence-electron chi connectivity index (χ3n) is 5.39. The van der Waals surface area contributed by atoms with Crippen molar-refractivity contribution in [2.75, 3.05) is 4.90 Å². The van der Waals surface area contributed by atoms with Gasteiger partial charge in [-0.3, -0.25) is 4.79 Å². The van der Waals surface area contributed by atoms with Crippen LogP contribution in [0.4, 0.5) is 10.1 Å². The van der Waals surface area contributed by atoms with E-state index in [-0.39, 0.29) is 18.3 Å². The summed E-state index contributed by atoms with van der Waals surface area (Å²) >= 11 is 3.33. The van der Waals surface area contributed by atoms with Crippen molar-refractivity contribution in [1.82, 2.24) is 14.9 Å². The molecule has 1 N–H and O–H groups in total. The summed E-state index contributed by atoms with van der Waals surface area (Å²) in [5.74, 6) is -0.575. The summed E-state index contributed by atoms with van der Waals surface area (Å²) in [6, 6.07) is 11.8. The van der Waals surface area contributed by atoms with Gasteiger partial charge in [-0.05, 0) is 54.8 Å². The van der Waals surface area contributed by atoms with Crippen molar-refractivity contribution in [3.8, 4) is 6.07 Å². The van der Waals surface area contributed by atoms with Crippen molar-refractivity contribution in [2.45, 2.75) is 25.6 Å². The van der Waals surface area contributed by atoms with Gasteiger partial charge >= 0.3 is 0 Å². The Kier molecular flexibility index (Phi) is 6.05. The lowest BCUT2D eigenvalue weighted by Crippen LogP contribution is -2.49. The maximum Gasteiger partial charge on any atom is 0.243 e. The standard InChI is InChI=1S/C23H20BrFN5O/c1-29-14-27-12-19(29)13-30-21-6-2-15(10-26)8-16(21)3-7-22(30)23(31)28-11-17-9-18(24)4-5-20(17)25/h2,4-9,12,14,22H,3,11,13H2,1H3,(H,28,31). The molecule has 0 spiro atoms. The summed E-state index contributed by atoms with van der Waals surface area (Å²) < 4.78 is 16.7. The van der Waals surface area contributed by atoms with Crippen LogP contribution in [0.5, 0.6) is 0 Å². The van der Waals surface area contributed by atoms with Crippen LogP contribution in [-0.4, -0.2) is 21.5 Å². The number of imidazole rings is 1. The molecule has 31 heavy (non-hydrogen) atoms. The second kappa shape index (κ2) is 8.90. The van der Waals surface area contributed by atoms with Gasteiger partial charge in [0.1, 0.15) is 11.9 Å². The molecule has 1 amide bonds. The fourth-order valence-corrected chi connectivity index (χ4v) is 4.13. The molecule has 0 saturated heterocycles. The summed E-state index contributed by atoms with van der Waals surface area (Å²) in [5.41, 5.74) is 3.83. The summed E-state index contributed by atoms with van der Waals surface area (Å²) in [6.45, 7) is 0.559. The zero-order valence-corrected chi connectivity index (χ0v) is 18.4. The van der Waals surface area contributed by atoms with Gasteiger partial charge in [0, 0.05) is 35.5 Å². The molecule has 0 fully saturated rings. The van der Waals surface area contributed by atoms with Gasteiger partial charge in [-0.1, -0.05) is 15.9 Å². The SMILES string of the molecule is Cn1cncc1CN1c2ccc(C#N)cc2C[CH]C1C(=O)NCc1cc(Br)ccc1F. The van der Waals surface area contributed by atoms with Crippen molar-refractivity contribution < 1.29 is 9.18 Å². The molecule has 2 heterocycles. The zero-order chi connectivity index (χ0) is 22.0. The number of aromatic nitrogens is 2. The number of anilines is 1. The maximum atomic E-state index is 14.1. The topological polar surface area (TPSA) is 74.0 Å². The Morgan fingerprint density at radius 3 is 2.94 bits per heavy atom.